The number of nitrogens with zero attached hydrogens (tertiary/aromatic N) is 2. The second-order valence-electron chi connectivity index (χ2n) is 4.91. The van der Waals surface area contributed by atoms with Crippen molar-refractivity contribution in [3.63, 3.8) is 0 Å². The topological polar surface area (TPSA) is 38.7 Å². The number of aliphatic hydroxyl groups excluding tert-OH is 1. The summed E-state index contributed by atoms with van der Waals surface area (Å²) in [6, 6.07) is 5.09. The number of hydrogen-bond acceptors (Lipinski definition) is 4. The van der Waals surface area contributed by atoms with E-state index in [0.717, 1.165) is 18.7 Å². The molecular weight excluding hydrogens is 245 g/mol. The fourth-order valence-electron chi connectivity index (χ4n) is 1.77. The molecule has 0 fully saturated rings. The van der Waals surface area contributed by atoms with Gasteiger partial charge >= 0.3 is 0 Å². The van der Waals surface area contributed by atoms with E-state index in [-0.39, 0.29) is 12.4 Å². The second-order valence-corrected chi connectivity index (χ2v) is 4.91. The van der Waals surface area contributed by atoms with Crippen LogP contribution in [0.1, 0.15) is 5.56 Å². The Morgan fingerprint density at radius 2 is 1.95 bits per heavy atom. The van der Waals surface area contributed by atoms with Crippen LogP contribution in [0.3, 0.4) is 0 Å². The largest absolute Gasteiger partial charge is 0.395 e. The van der Waals surface area contributed by atoms with E-state index in [2.05, 4.69) is 10.2 Å². The third-order valence-electron chi connectivity index (χ3n) is 2.92. The monoisotopic (exact) mass is 269 g/mol. The van der Waals surface area contributed by atoms with E-state index >= 15 is 0 Å². The Balaban J connectivity index is 2.58. The SMILES string of the molecule is CN(C)CCNCc1ccc(F)c(N(C)CCO)c1. The predicted octanol–water partition coefficient (Wildman–Crippen LogP) is 0.905. The number of benzene rings is 1. The molecule has 0 aliphatic rings. The van der Waals surface area contributed by atoms with E-state index in [1.54, 1.807) is 18.0 Å². The Morgan fingerprint density at radius 3 is 2.58 bits per heavy atom. The Hall–Kier alpha value is -1.17. The van der Waals surface area contributed by atoms with Crippen LogP contribution in [0.15, 0.2) is 18.2 Å². The van der Waals surface area contributed by atoms with E-state index in [9.17, 15) is 4.39 Å². The Bertz CT molecular complexity index is 385. The van der Waals surface area contributed by atoms with Gasteiger partial charge in [-0.2, -0.15) is 0 Å². The van der Waals surface area contributed by atoms with E-state index in [1.807, 2.05) is 20.2 Å². The van der Waals surface area contributed by atoms with Crippen LogP contribution in [0.25, 0.3) is 0 Å². The van der Waals surface area contributed by atoms with Gasteiger partial charge < -0.3 is 20.2 Å². The summed E-state index contributed by atoms with van der Waals surface area (Å²) in [6.45, 7) is 3.02. The number of rotatable bonds is 8. The number of halogens is 1. The van der Waals surface area contributed by atoms with Gasteiger partial charge in [-0.3, -0.25) is 0 Å². The molecule has 0 aliphatic carbocycles. The number of hydrogen-bond donors (Lipinski definition) is 2. The maximum Gasteiger partial charge on any atom is 0.146 e. The van der Waals surface area contributed by atoms with Crippen LogP contribution in [0.5, 0.6) is 0 Å². The summed E-state index contributed by atoms with van der Waals surface area (Å²) in [6.07, 6.45) is 0. The molecule has 0 radical (unpaired) electrons. The molecule has 1 aromatic rings. The molecule has 0 heterocycles. The molecule has 0 aromatic heterocycles. The smallest absolute Gasteiger partial charge is 0.146 e. The van der Waals surface area contributed by atoms with Crippen molar-refractivity contribution in [3.8, 4) is 0 Å². The molecule has 4 nitrogen and oxygen atoms in total. The van der Waals surface area contributed by atoms with Crippen molar-refractivity contribution in [1.82, 2.24) is 10.2 Å². The molecule has 2 N–H and O–H groups in total. The van der Waals surface area contributed by atoms with Crippen LogP contribution in [0, 0.1) is 5.82 Å². The highest BCUT2D eigenvalue weighted by atomic mass is 19.1. The molecule has 5 heteroatoms. The number of nitrogens with one attached hydrogen (secondary N) is 1. The Kier molecular flexibility index (Phi) is 6.77. The van der Waals surface area contributed by atoms with E-state index < -0.39 is 0 Å². The van der Waals surface area contributed by atoms with E-state index in [4.69, 9.17) is 5.11 Å². The first-order valence-corrected chi connectivity index (χ1v) is 6.50. The summed E-state index contributed by atoms with van der Waals surface area (Å²) < 4.78 is 13.7. The molecule has 0 saturated heterocycles. The van der Waals surface area contributed by atoms with Gasteiger partial charge in [0.25, 0.3) is 0 Å². The van der Waals surface area contributed by atoms with Crippen LogP contribution >= 0.6 is 0 Å². The third kappa shape index (κ3) is 5.55. The fraction of sp³-hybridized carbons (Fsp3) is 0.571. The highest BCUT2D eigenvalue weighted by Crippen LogP contribution is 2.19. The lowest BCUT2D eigenvalue weighted by atomic mass is 10.1. The molecule has 19 heavy (non-hydrogen) atoms. The quantitative estimate of drug-likeness (QED) is 0.688. The highest BCUT2D eigenvalue weighted by molar-refractivity contribution is 5.49. The third-order valence-corrected chi connectivity index (χ3v) is 2.92. The molecule has 0 saturated carbocycles. The van der Waals surface area contributed by atoms with Gasteiger partial charge in [-0.25, -0.2) is 4.39 Å². The molecule has 0 aliphatic heterocycles. The van der Waals surface area contributed by atoms with Gasteiger partial charge in [-0.1, -0.05) is 6.07 Å². The number of anilines is 1. The molecule has 108 valence electrons. The first kappa shape index (κ1) is 15.9. The standard InChI is InChI=1S/C14H24FN3O/c1-17(2)7-6-16-11-12-4-5-13(15)14(10-12)18(3)8-9-19/h4-5,10,16,19H,6-9,11H2,1-3H3. The first-order chi connectivity index (χ1) is 9.04. The minimum Gasteiger partial charge on any atom is -0.395 e. The van der Waals surface area contributed by atoms with Crippen molar-refractivity contribution >= 4 is 5.69 Å². The molecule has 0 unspecified atom stereocenters. The lowest BCUT2D eigenvalue weighted by Gasteiger charge is -2.19. The summed E-state index contributed by atoms with van der Waals surface area (Å²) in [7, 11) is 5.83. The maximum atomic E-state index is 13.7. The van der Waals surface area contributed by atoms with E-state index in [0.29, 0.717) is 18.8 Å². The highest BCUT2D eigenvalue weighted by Gasteiger charge is 2.08. The predicted molar refractivity (Wildman–Crippen MR) is 77.0 cm³/mol. The van der Waals surface area contributed by atoms with Gasteiger partial charge in [0, 0.05) is 33.2 Å². The van der Waals surface area contributed by atoms with Crippen LogP contribution in [0.2, 0.25) is 0 Å². The Morgan fingerprint density at radius 1 is 1.21 bits per heavy atom. The molecule has 0 amide bonds. The zero-order valence-electron chi connectivity index (χ0n) is 12.0. The van der Waals surface area contributed by atoms with Gasteiger partial charge in [0.1, 0.15) is 5.82 Å². The number of aliphatic hydroxyl groups is 1. The minimum absolute atomic E-state index is 0.0151. The molecule has 1 rings (SSSR count). The van der Waals surface area contributed by atoms with Gasteiger partial charge in [0.2, 0.25) is 0 Å². The van der Waals surface area contributed by atoms with Crippen molar-refractivity contribution in [2.75, 3.05) is 52.3 Å². The van der Waals surface area contributed by atoms with Crippen molar-refractivity contribution in [3.05, 3.63) is 29.6 Å². The van der Waals surface area contributed by atoms with E-state index in [1.165, 1.54) is 6.07 Å². The first-order valence-electron chi connectivity index (χ1n) is 6.50. The van der Waals surface area contributed by atoms with Crippen molar-refractivity contribution < 1.29 is 9.50 Å². The van der Waals surface area contributed by atoms with Crippen molar-refractivity contribution in [2.45, 2.75) is 6.54 Å². The molecule has 0 atom stereocenters. The summed E-state index contributed by atoms with van der Waals surface area (Å²) in [5.74, 6) is -0.256. The van der Waals surface area contributed by atoms with Gasteiger partial charge in [-0.05, 0) is 31.8 Å². The van der Waals surface area contributed by atoms with Gasteiger partial charge in [0.05, 0.1) is 12.3 Å². The molecule has 0 bridgehead atoms. The molecule has 1 aromatic carbocycles. The van der Waals surface area contributed by atoms with Gasteiger partial charge in [-0.15, -0.1) is 0 Å². The molecular formula is C14H24FN3O. The number of likely N-dealkylation sites (N-methyl/N-ethyl adjacent to an activating group) is 2. The molecule has 0 spiro atoms. The van der Waals surface area contributed by atoms with Crippen molar-refractivity contribution in [2.24, 2.45) is 0 Å². The summed E-state index contributed by atoms with van der Waals surface area (Å²) in [5.41, 5.74) is 1.57. The van der Waals surface area contributed by atoms with Crippen LogP contribution in [-0.4, -0.2) is 57.4 Å². The van der Waals surface area contributed by atoms with Crippen molar-refractivity contribution in [1.29, 1.82) is 0 Å². The second kappa shape index (κ2) is 8.09. The maximum absolute atomic E-state index is 13.7. The average molecular weight is 269 g/mol. The Labute approximate surface area is 114 Å². The summed E-state index contributed by atoms with van der Waals surface area (Å²) in [5, 5.41) is 12.2. The lowest BCUT2D eigenvalue weighted by molar-refractivity contribution is 0.303. The summed E-state index contributed by atoms with van der Waals surface area (Å²) in [4.78, 5) is 3.83. The minimum atomic E-state index is -0.256. The van der Waals surface area contributed by atoms with Crippen LogP contribution in [-0.2, 0) is 6.54 Å². The van der Waals surface area contributed by atoms with Gasteiger partial charge in [0.15, 0.2) is 0 Å². The zero-order chi connectivity index (χ0) is 14.3. The lowest BCUT2D eigenvalue weighted by Crippen LogP contribution is -2.26. The summed E-state index contributed by atoms with van der Waals surface area (Å²) >= 11 is 0. The average Bonchev–Trinajstić information content (AvgIpc) is 2.36. The zero-order valence-corrected chi connectivity index (χ0v) is 12.0. The fourth-order valence-corrected chi connectivity index (χ4v) is 1.77. The van der Waals surface area contributed by atoms with Crippen LogP contribution in [0.4, 0.5) is 10.1 Å². The van der Waals surface area contributed by atoms with Crippen LogP contribution < -0.4 is 10.2 Å². The normalized spacial score (nSPS) is 11.1.